The van der Waals surface area contributed by atoms with Crippen LogP contribution in [-0.2, 0) is 21.2 Å². The highest BCUT2D eigenvalue weighted by atomic mass is 32.2. The first-order chi connectivity index (χ1) is 13.9. The van der Waals surface area contributed by atoms with Crippen molar-refractivity contribution in [1.82, 2.24) is 19.9 Å². The van der Waals surface area contributed by atoms with Crippen LogP contribution in [0, 0.1) is 0 Å². The zero-order valence-electron chi connectivity index (χ0n) is 16.0. The van der Waals surface area contributed by atoms with Crippen molar-refractivity contribution in [3.8, 4) is 11.1 Å². The summed E-state index contributed by atoms with van der Waals surface area (Å²) in [5.41, 5.74) is 1.46. The Morgan fingerprint density at radius 3 is 2.59 bits per heavy atom. The predicted molar refractivity (Wildman–Crippen MR) is 114 cm³/mol. The Labute approximate surface area is 174 Å². The SMILES string of the molecule is CC(C)(C(=O)Nc1ccc(-c2cncnc2)cn1)c1csc(NS(=O)C2CC2)n1. The van der Waals surface area contributed by atoms with Gasteiger partial charge in [-0.3, -0.25) is 9.52 Å². The smallest absolute Gasteiger partial charge is 0.237 e. The number of carbonyl (C=O) groups excluding carboxylic acids is 1. The molecule has 1 unspecified atom stereocenters. The van der Waals surface area contributed by atoms with E-state index in [9.17, 15) is 9.00 Å². The fraction of sp³-hybridized carbons (Fsp3) is 0.316. The Kier molecular flexibility index (Phi) is 5.37. The quantitative estimate of drug-likeness (QED) is 0.598. The van der Waals surface area contributed by atoms with Crippen LogP contribution in [0.4, 0.5) is 10.9 Å². The molecule has 150 valence electrons. The van der Waals surface area contributed by atoms with E-state index < -0.39 is 16.4 Å². The van der Waals surface area contributed by atoms with Crippen molar-refractivity contribution < 1.29 is 9.00 Å². The summed E-state index contributed by atoms with van der Waals surface area (Å²) in [6, 6.07) is 3.59. The Balaban J connectivity index is 1.43. The van der Waals surface area contributed by atoms with Crippen LogP contribution in [0.1, 0.15) is 32.4 Å². The highest BCUT2D eigenvalue weighted by Crippen LogP contribution is 2.31. The van der Waals surface area contributed by atoms with Gasteiger partial charge in [0.15, 0.2) is 5.13 Å². The molecule has 0 spiro atoms. The first kappa shape index (κ1) is 19.6. The number of nitrogens with one attached hydrogen (secondary N) is 2. The topological polar surface area (TPSA) is 110 Å². The number of anilines is 2. The van der Waals surface area contributed by atoms with Crippen LogP contribution in [0.25, 0.3) is 11.1 Å². The Morgan fingerprint density at radius 1 is 1.17 bits per heavy atom. The molecule has 29 heavy (non-hydrogen) atoms. The largest absolute Gasteiger partial charge is 0.310 e. The van der Waals surface area contributed by atoms with E-state index >= 15 is 0 Å². The second-order valence-electron chi connectivity index (χ2n) is 7.28. The van der Waals surface area contributed by atoms with Gasteiger partial charge in [0.05, 0.1) is 16.4 Å². The molecule has 1 saturated carbocycles. The van der Waals surface area contributed by atoms with Gasteiger partial charge < -0.3 is 5.32 Å². The molecule has 0 aliphatic heterocycles. The van der Waals surface area contributed by atoms with E-state index in [1.165, 1.54) is 17.7 Å². The van der Waals surface area contributed by atoms with Gasteiger partial charge in [-0.25, -0.2) is 24.1 Å². The van der Waals surface area contributed by atoms with Crippen molar-refractivity contribution in [3.63, 3.8) is 0 Å². The molecule has 3 aromatic heterocycles. The molecule has 0 bridgehead atoms. The lowest BCUT2D eigenvalue weighted by molar-refractivity contribution is -0.120. The van der Waals surface area contributed by atoms with Crippen LogP contribution in [0.2, 0.25) is 0 Å². The Bertz CT molecular complexity index is 1030. The van der Waals surface area contributed by atoms with Crippen LogP contribution in [-0.4, -0.2) is 35.3 Å². The number of rotatable bonds is 7. The minimum Gasteiger partial charge on any atom is -0.310 e. The van der Waals surface area contributed by atoms with E-state index in [0.717, 1.165) is 24.0 Å². The molecule has 0 saturated heterocycles. The highest BCUT2D eigenvalue weighted by molar-refractivity contribution is 7.87. The van der Waals surface area contributed by atoms with E-state index in [-0.39, 0.29) is 11.2 Å². The van der Waals surface area contributed by atoms with Gasteiger partial charge in [-0.2, -0.15) is 0 Å². The number of aromatic nitrogens is 4. The molecule has 10 heteroatoms. The Hall–Kier alpha value is -2.72. The molecule has 8 nitrogen and oxygen atoms in total. The minimum atomic E-state index is -1.11. The standard InChI is InChI=1S/C19H20N6O2S2/c1-19(2,15-10-28-18(23-15)25-29(27)14-4-5-14)17(26)24-16-6-3-12(9-22-16)13-7-20-11-21-8-13/h3,6-11,14H,4-5H2,1-2H3,(H,23,25)(H,22,24,26). The van der Waals surface area contributed by atoms with Crippen molar-refractivity contribution in [2.45, 2.75) is 37.4 Å². The molecular formula is C19H20N6O2S2. The monoisotopic (exact) mass is 428 g/mol. The van der Waals surface area contributed by atoms with Gasteiger partial charge in [-0.05, 0) is 38.8 Å². The van der Waals surface area contributed by atoms with E-state index in [4.69, 9.17) is 0 Å². The van der Waals surface area contributed by atoms with E-state index in [1.54, 1.807) is 38.5 Å². The van der Waals surface area contributed by atoms with E-state index in [2.05, 4.69) is 30.0 Å². The van der Waals surface area contributed by atoms with Gasteiger partial charge in [0.25, 0.3) is 0 Å². The first-order valence-electron chi connectivity index (χ1n) is 9.09. The van der Waals surface area contributed by atoms with E-state index in [0.29, 0.717) is 16.6 Å². The third kappa shape index (κ3) is 4.48. The van der Waals surface area contributed by atoms with Crippen LogP contribution in [0.5, 0.6) is 0 Å². The molecule has 0 radical (unpaired) electrons. The van der Waals surface area contributed by atoms with Crippen molar-refractivity contribution in [2.24, 2.45) is 0 Å². The second-order valence-corrected chi connectivity index (χ2v) is 9.60. The van der Waals surface area contributed by atoms with Gasteiger partial charge in [0.2, 0.25) is 5.91 Å². The van der Waals surface area contributed by atoms with Gasteiger partial charge in [-0.15, -0.1) is 11.3 Å². The molecule has 2 N–H and O–H groups in total. The van der Waals surface area contributed by atoms with Crippen molar-refractivity contribution in [3.05, 3.63) is 48.1 Å². The van der Waals surface area contributed by atoms with Crippen LogP contribution < -0.4 is 10.0 Å². The molecule has 3 aromatic rings. The van der Waals surface area contributed by atoms with Gasteiger partial charge in [-0.1, -0.05) is 0 Å². The molecule has 1 amide bonds. The lowest BCUT2D eigenvalue weighted by Gasteiger charge is -2.21. The summed E-state index contributed by atoms with van der Waals surface area (Å²) in [5.74, 6) is 0.230. The summed E-state index contributed by atoms with van der Waals surface area (Å²) in [6.07, 6.45) is 8.50. The molecular weight excluding hydrogens is 408 g/mol. The third-order valence-electron chi connectivity index (χ3n) is 4.63. The summed E-state index contributed by atoms with van der Waals surface area (Å²) in [4.78, 5) is 29.6. The lowest BCUT2D eigenvalue weighted by Crippen LogP contribution is -2.35. The fourth-order valence-electron chi connectivity index (χ4n) is 2.53. The number of carbonyl (C=O) groups is 1. The number of hydrogen-bond donors (Lipinski definition) is 2. The summed E-state index contributed by atoms with van der Waals surface area (Å²) in [7, 11) is -1.11. The molecule has 4 rings (SSSR count). The van der Waals surface area contributed by atoms with E-state index in [1.807, 2.05) is 11.4 Å². The molecule has 0 aromatic carbocycles. The molecule has 3 heterocycles. The zero-order valence-corrected chi connectivity index (χ0v) is 17.6. The maximum absolute atomic E-state index is 12.9. The van der Waals surface area contributed by atoms with Crippen molar-refractivity contribution in [1.29, 1.82) is 0 Å². The normalized spacial score (nSPS) is 15.0. The third-order valence-corrected chi connectivity index (χ3v) is 6.98. The predicted octanol–water partition coefficient (Wildman–Crippen LogP) is 3.15. The molecule has 1 fully saturated rings. The second kappa shape index (κ2) is 7.96. The van der Waals surface area contributed by atoms with Crippen molar-refractivity contribution in [2.75, 3.05) is 10.0 Å². The minimum absolute atomic E-state index is 0.218. The highest BCUT2D eigenvalue weighted by Gasteiger charge is 2.34. The summed E-state index contributed by atoms with van der Waals surface area (Å²) in [6.45, 7) is 3.60. The number of hydrogen-bond acceptors (Lipinski definition) is 7. The number of thiazole rings is 1. The summed E-state index contributed by atoms with van der Waals surface area (Å²) < 4.78 is 14.9. The average molecular weight is 429 g/mol. The van der Waals surface area contributed by atoms with Crippen LogP contribution >= 0.6 is 11.3 Å². The summed E-state index contributed by atoms with van der Waals surface area (Å²) in [5, 5.41) is 5.44. The zero-order chi connectivity index (χ0) is 20.4. The van der Waals surface area contributed by atoms with Gasteiger partial charge >= 0.3 is 0 Å². The van der Waals surface area contributed by atoms with Crippen LogP contribution in [0.3, 0.4) is 0 Å². The van der Waals surface area contributed by atoms with Gasteiger partial charge in [0.1, 0.15) is 23.1 Å². The molecule has 1 atom stereocenters. The number of amides is 1. The number of pyridine rings is 1. The summed E-state index contributed by atoms with van der Waals surface area (Å²) >= 11 is 1.35. The van der Waals surface area contributed by atoms with Crippen LogP contribution in [0.15, 0.2) is 42.4 Å². The molecule has 1 aliphatic rings. The average Bonchev–Trinajstić information content (AvgIpc) is 3.48. The number of nitrogens with zero attached hydrogens (tertiary/aromatic N) is 4. The van der Waals surface area contributed by atoms with Crippen molar-refractivity contribution >= 4 is 39.2 Å². The lowest BCUT2D eigenvalue weighted by atomic mass is 9.89. The fourth-order valence-corrected chi connectivity index (χ4v) is 4.64. The maximum atomic E-state index is 12.9. The van der Waals surface area contributed by atoms with Gasteiger partial charge in [0, 0.05) is 35.1 Å². The maximum Gasteiger partial charge on any atom is 0.237 e. The molecule has 1 aliphatic carbocycles. The Morgan fingerprint density at radius 2 is 1.93 bits per heavy atom. The first-order valence-corrected chi connectivity index (χ1v) is 11.2.